The normalized spacial score (nSPS) is 11.6. The van der Waals surface area contributed by atoms with Crippen LogP contribution in [-0.4, -0.2) is 15.6 Å². The molecule has 1 aromatic heterocycles. The van der Waals surface area contributed by atoms with Crippen LogP contribution in [0, 0.1) is 0 Å². The number of benzene rings is 1. The van der Waals surface area contributed by atoms with Gasteiger partial charge in [-0.15, -0.1) is 0 Å². The molecular weight excluding hydrogens is 309 g/mol. The van der Waals surface area contributed by atoms with E-state index in [0.29, 0.717) is 22.9 Å². The van der Waals surface area contributed by atoms with Crippen molar-refractivity contribution in [3.8, 4) is 0 Å². The van der Waals surface area contributed by atoms with E-state index in [0.717, 1.165) is 29.4 Å². The number of carbonyl (C=O) groups excluding carboxylic acids is 1. The van der Waals surface area contributed by atoms with E-state index in [1.165, 1.54) is 12.1 Å². The number of halogens is 3. The van der Waals surface area contributed by atoms with E-state index in [-0.39, 0.29) is 10.5 Å². The molecule has 8 heteroatoms. The Hall–Kier alpha value is -1.41. The van der Waals surface area contributed by atoms with Crippen molar-refractivity contribution in [2.45, 2.75) is 28.8 Å². The van der Waals surface area contributed by atoms with Crippen molar-refractivity contribution >= 4 is 29.6 Å². The lowest BCUT2D eigenvalue weighted by Gasteiger charge is -2.11. The van der Waals surface area contributed by atoms with Crippen LogP contribution in [0.25, 0.3) is 0 Å². The first-order valence-electron chi connectivity index (χ1n) is 5.61. The van der Waals surface area contributed by atoms with Crippen molar-refractivity contribution in [3.05, 3.63) is 35.2 Å². The van der Waals surface area contributed by atoms with Gasteiger partial charge >= 0.3 is 6.18 Å². The van der Waals surface area contributed by atoms with E-state index in [1.807, 2.05) is 6.92 Å². The quantitative estimate of drug-likeness (QED) is 0.797. The third kappa shape index (κ3) is 3.37. The number of alkyl halides is 3. The maximum Gasteiger partial charge on any atom is 0.417 e. The minimum Gasteiger partial charge on any atom is -0.298 e. The molecule has 1 aromatic carbocycles. The Morgan fingerprint density at radius 3 is 2.70 bits per heavy atom. The maximum absolute atomic E-state index is 13.0. The van der Waals surface area contributed by atoms with Gasteiger partial charge in [-0.2, -0.15) is 17.5 Å². The van der Waals surface area contributed by atoms with E-state index in [2.05, 4.69) is 9.36 Å². The summed E-state index contributed by atoms with van der Waals surface area (Å²) in [6, 6.07) is 3.48. The fourth-order valence-corrected chi connectivity index (χ4v) is 3.24. The van der Waals surface area contributed by atoms with Crippen molar-refractivity contribution in [3.63, 3.8) is 0 Å². The number of rotatable bonds is 4. The monoisotopic (exact) mass is 318 g/mol. The average molecular weight is 318 g/mol. The molecular formula is C12H9F3N2OS2. The van der Waals surface area contributed by atoms with E-state index < -0.39 is 11.7 Å². The summed E-state index contributed by atoms with van der Waals surface area (Å²) in [4.78, 5) is 14.7. The second kappa shape index (κ2) is 5.92. The summed E-state index contributed by atoms with van der Waals surface area (Å²) in [6.07, 6.45) is -3.49. The van der Waals surface area contributed by atoms with Crippen molar-refractivity contribution in [1.29, 1.82) is 0 Å². The molecule has 0 saturated heterocycles. The number of aldehydes is 1. The predicted molar refractivity (Wildman–Crippen MR) is 70.2 cm³/mol. The van der Waals surface area contributed by atoms with Gasteiger partial charge in [-0.25, -0.2) is 4.98 Å². The van der Waals surface area contributed by atoms with Crippen LogP contribution in [-0.2, 0) is 12.6 Å². The topological polar surface area (TPSA) is 42.9 Å². The highest BCUT2D eigenvalue weighted by molar-refractivity contribution is 8.01. The molecule has 2 rings (SSSR count). The van der Waals surface area contributed by atoms with E-state index in [4.69, 9.17) is 0 Å². The zero-order valence-corrected chi connectivity index (χ0v) is 11.9. The third-order valence-electron chi connectivity index (χ3n) is 2.41. The highest BCUT2D eigenvalue weighted by atomic mass is 32.2. The molecule has 106 valence electrons. The summed E-state index contributed by atoms with van der Waals surface area (Å²) in [5.41, 5.74) is -0.839. The summed E-state index contributed by atoms with van der Waals surface area (Å²) in [5.74, 6) is 0.607. The zero-order valence-electron chi connectivity index (χ0n) is 10.3. The molecule has 1 heterocycles. The largest absolute Gasteiger partial charge is 0.417 e. The molecule has 0 aliphatic rings. The smallest absolute Gasteiger partial charge is 0.298 e. The minimum atomic E-state index is -4.51. The molecule has 0 radical (unpaired) electrons. The van der Waals surface area contributed by atoms with Crippen LogP contribution < -0.4 is 0 Å². The number of aryl methyl sites for hydroxylation is 1. The Morgan fingerprint density at radius 1 is 1.40 bits per heavy atom. The highest BCUT2D eigenvalue weighted by Gasteiger charge is 2.34. The van der Waals surface area contributed by atoms with Gasteiger partial charge in [0.25, 0.3) is 0 Å². The minimum absolute atomic E-state index is 0.00631. The number of nitrogens with zero attached hydrogens (tertiary/aromatic N) is 2. The molecule has 3 nitrogen and oxygen atoms in total. The van der Waals surface area contributed by atoms with Gasteiger partial charge in [0.05, 0.1) is 5.56 Å². The Morgan fingerprint density at radius 2 is 2.15 bits per heavy atom. The standard InChI is InChI=1S/C12H9F3N2OS2/c1-2-10-16-11(20-17-10)19-9-4-3-7(6-18)5-8(9)12(13,14)15/h3-6H,2H2,1H3. The summed E-state index contributed by atoms with van der Waals surface area (Å²) < 4.78 is 43.4. The number of aromatic nitrogens is 2. The van der Waals surface area contributed by atoms with Gasteiger partial charge in [0.2, 0.25) is 0 Å². The van der Waals surface area contributed by atoms with E-state index >= 15 is 0 Å². The summed E-state index contributed by atoms with van der Waals surface area (Å²) in [6.45, 7) is 1.87. The summed E-state index contributed by atoms with van der Waals surface area (Å²) in [7, 11) is 0. The first-order valence-corrected chi connectivity index (χ1v) is 7.20. The van der Waals surface area contributed by atoms with Crippen molar-refractivity contribution in [1.82, 2.24) is 9.36 Å². The molecule has 0 N–H and O–H groups in total. The molecule has 0 bridgehead atoms. The summed E-state index contributed by atoms with van der Waals surface area (Å²) in [5, 5.41) is 0. The lowest BCUT2D eigenvalue weighted by Crippen LogP contribution is -2.07. The fourth-order valence-electron chi connectivity index (χ4n) is 1.45. The molecule has 20 heavy (non-hydrogen) atoms. The van der Waals surface area contributed by atoms with Crippen molar-refractivity contribution in [2.75, 3.05) is 0 Å². The lowest BCUT2D eigenvalue weighted by molar-refractivity contribution is -0.139. The second-order valence-corrected chi connectivity index (χ2v) is 5.84. The van der Waals surface area contributed by atoms with Crippen LogP contribution >= 0.6 is 23.3 Å². The van der Waals surface area contributed by atoms with E-state index in [1.54, 1.807) is 0 Å². The van der Waals surface area contributed by atoms with Crippen LogP contribution in [0.5, 0.6) is 0 Å². The van der Waals surface area contributed by atoms with Crippen LogP contribution in [0.1, 0.15) is 28.7 Å². The predicted octanol–water partition coefficient (Wildman–Crippen LogP) is 4.08. The van der Waals surface area contributed by atoms with Gasteiger partial charge in [-0.3, -0.25) is 4.79 Å². The summed E-state index contributed by atoms with van der Waals surface area (Å²) >= 11 is 1.97. The molecule has 2 aromatic rings. The molecule has 0 unspecified atom stereocenters. The third-order valence-corrected chi connectivity index (χ3v) is 4.27. The Bertz CT molecular complexity index is 625. The van der Waals surface area contributed by atoms with Crippen molar-refractivity contribution in [2.24, 2.45) is 0 Å². The fraction of sp³-hybridized carbons (Fsp3) is 0.250. The van der Waals surface area contributed by atoms with Gasteiger partial charge < -0.3 is 0 Å². The molecule has 0 fully saturated rings. The molecule has 0 amide bonds. The molecule has 0 spiro atoms. The number of hydrogen-bond acceptors (Lipinski definition) is 5. The Labute approximate surface area is 121 Å². The van der Waals surface area contributed by atoms with Gasteiger partial charge in [-0.1, -0.05) is 24.8 Å². The first-order chi connectivity index (χ1) is 9.44. The maximum atomic E-state index is 13.0. The van der Waals surface area contributed by atoms with Crippen LogP contribution in [0.3, 0.4) is 0 Å². The Balaban J connectivity index is 2.37. The zero-order chi connectivity index (χ0) is 14.8. The molecule has 0 atom stereocenters. The second-order valence-electron chi connectivity index (χ2n) is 3.80. The van der Waals surface area contributed by atoms with Crippen LogP contribution in [0.15, 0.2) is 27.4 Å². The van der Waals surface area contributed by atoms with E-state index in [9.17, 15) is 18.0 Å². The van der Waals surface area contributed by atoms with Gasteiger partial charge in [0.1, 0.15) is 12.1 Å². The first kappa shape index (κ1) is 15.0. The molecule has 0 saturated carbocycles. The van der Waals surface area contributed by atoms with Crippen molar-refractivity contribution < 1.29 is 18.0 Å². The van der Waals surface area contributed by atoms with Gasteiger partial charge in [0.15, 0.2) is 4.34 Å². The number of carbonyl (C=O) groups is 1. The lowest BCUT2D eigenvalue weighted by atomic mass is 10.1. The van der Waals surface area contributed by atoms with Crippen LogP contribution in [0.2, 0.25) is 0 Å². The Kier molecular flexibility index (Phi) is 4.44. The van der Waals surface area contributed by atoms with Crippen LogP contribution in [0.4, 0.5) is 13.2 Å². The van der Waals surface area contributed by atoms with Gasteiger partial charge in [0, 0.05) is 16.9 Å². The van der Waals surface area contributed by atoms with Gasteiger partial charge in [-0.05, 0) is 23.7 Å². The highest BCUT2D eigenvalue weighted by Crippen LogP contribution is 2.40. The molecule has 0 aliphatic carbocycles. The number of hydrogen-bond donors (Lipinski definition) is 0. The average Bonchev–Trinajstić information content (AvgIpc) is 2.85. The SMILES string of the molecule is CCc1nsc(Sc2ccc(C=O)cc2C(F)(F)F)n1. The molecule has 0 aliphatic heterocycles.